The molecule has 1 aliphatic heterocycles. The van der Waals surface area contributed by atoms with Crippen LogP contribution in [0.3, 0.4) is 0 Å². The summed E-state index contributed by atoms with van der Waals surface area (Å²) in [4.78, 5) is 13.8. The first kappa shape index (κ1) is 12.5. The summed E-state index contributed by atoms with van der Waals surface area (Å²) in [6.07, 6.45) is 3.61. The van der Waals surface area contributed by atoms with E-state index in [1.54, 1.807) is 4.90 Å². The number of nitriles is 1. The molecule has 2 heterocycles. The number of nitrogens with zero attached hydrogens (tertiary/aromatic N) is 6. The third-order valence-electron chi connectivity index (χ3n) is 3.27. The van der Waals surface area contributed by atoms with Gasteiger partial charge in [-0.3, -0.25) is 4.79 Å². The molecule has 1 aromatic heterocycles. The van der Waals surface area contributed by atoms with Crippen molar-refractivity contribution in [3.05, 3.63) is 6.33 Å². The van der Waals surface area contributed by atoms with Crippen molar-refractivity contribution in [2.45, 2.75) is 32.7 Å². The molecule has 18 heavy (non-hydrogen) atoms. The lowest BCUT2D eigenvalue weighted by molar-refractivity contribution is -0.134. The van der Waals surface area contributed by atoms with E-state index in [-0.39, 0.29) is 5.91 Å². The van der Waals surface area contributed by atoms with Crippen molar-refractivity contribution < 1.29 is 4.79 Å². The highest BCUT2D eigenvalue weighted by atomic mass is 16.2. The van der Waals surface area contributed by atoms with Crippen molar-refractivity contribution in [2.24, 2.45) is 5.41 Å². The molecule has 1 atom stereocenters. The van der Waals surface area contributed by atoms with E-state index < -0.39 is 5.41 Å². The second-order valence-electron chi connectivity index (χ2n) is 4.91. The van der Waals surface area contributed by atoms with Crippen molar-refractivity contribution in [3.63, 3.8) is 0 Å². The third kappa shape index (κ3) is 2.83. The minimum atomic E-state index is -0.400. The molecule has 0 spiro atoms. The van der Waals surface area contributed by atoms with E-state index in [1.165, 1.54) is 11.0 Å². The smallest absolute Gasteiger partial charge is 0.224 e. The van der Waals surface area contributed by atoms with Gasteiger partial charge in [-0.2, -0.15) is 5.26 Å². The summed E-state index contributed by atoms with van der Waals surface area (Å²) in [5.41, 5.74) is -0.400. The predicted molar refractivity (Wildman–Crippen MR) is 62.0 cm³/mol. The van der Waals surface area contributed by atoms with Crippen LogP contribution in [-0.2, 0) is 11.3 Å². The van der Waals surface area contributed by atoms with Crippen molar-refractivity contribution in [3.8, 4) is 6.07 Å². The van der Waals surface area contributed by atoms with Gasteiger partial charge in [0.15, 0.2) is 0 Å². The van der Waals surface area contributed by atoms with Crippen LogP contribution in [0, 0.1) is 16.7 Å². The zero-order valence-corrected chi connectivity index (χ0v) is 10.4. The van der Waals surface area contributed by atoms with Gasteiger partial charge >= 0.3 is 0 Å². The first-order valence-electron chi connectivity index (χ1n) is 6.03. The quantitative estimate of drug-likeness (QED) is 0.763. The maximum Gasteiger partial charge on any atom is 0.224 e. The molecular weight excluding hydrogens is 232 g/mol. The van der Waals surface area contributed by atoms with Crippen LogP contribution in [-0.4, -0.2) is 44.1 Å². The summed E-state index contributed by atoms with van der Waals surface area (Å²) in [7, 11) is 0. The lowest BCUT2D eigenvalue weighted by Gasteiger charge is -2.36. The number of tetrazole rings is 1. The molecule has 7 heteroatoms. The molecule has 0 aromatic carbocycles. The number of likely N-dealkylation sites (tertiary alicyclic amines) is 1. The average Bonchev–Trinajstić information content (AvgIpc) is 2.89. The van der Waals surface area contributed by atoms with Gasteiger partial charge in [0, 0.05) is 19.5 Å². The average molecular weight is 248 g/mol. The number of aryl methyl sites for hydroxylation is 1. The third-order valence-corrected chi connectivity index (χ3v) is 3.27. The van der Waals surface area contributed by atoms with E-state index in [1.807, 2.05) is 6.92 Å². The number of carbonyl (C=O) groups excluding carboxylic acids is 1. The van der Waals surface area contributed by atoms with Gasteiger partial charge in [0.05, 0.1) is 18.0 Å². The molecule has 1 amide bonds. The molecule has 1 aliphatic rings. The Kier molecular flexibility index (Phi) is 3.55. The standard InChI is InChI=1S/C11H16N6O/c1-11(7-12)4-2-5-16(8-11)10(18)3-6-17-9-13-14-15-17/h9H,2-6,8H2,1H3/t11-/m0/s1. The molecule has 96 valence electrons. The van der Waals surface area contributed by atoms with Crippen LogP contribution in [0.1, 0.15) is 26.2 Å². The van der Waals surface area contributed by atoms with E-state index >= 15 is 0 Å². The minimum absolute atomic E-state index is 0.0617. The van der Waals surface area contributed by atoms with E-state index in [9.17, 15) is 4.79 Å². The summed E-state index contributed by atoms with van der Waals surface area (Å²) in [6.45, 7) is 3.66. The zero-order valence-electron chi connectivity index (χ0n) is 10.4. The van der Waals surface area contributed by atoms with E-state index in [0.29, 0.717) is 19.5 Å². The van der Waals surface area contributed by atoms with Crippen LogP contribution < -0.4 is 0 Å². The van der Waals surface area contributed by atoms with Crippen LogP contribution in [0.15, 0.2) is 6.33 Å². The summed E-state index contributed by atoms with van der Waals surface area (Å²) >= 11 is 0. The van der Waals surface area contributed by atoms with Crippen LogP contribution in [0.4, 0.5) is 0 Å². The molecule has 0 aliphatic carbocycles. The summed E-state index contributed by atoms with van der Waals surface area (Å²) in [6, 6.07) is 2.30. The molecule has 0 saturated carbocycles. The van der Waals surface area contributed by atoms with Gasteiger partial charge in [0.2, 0.25) is 5.91 Å². The molecule has 0 N–H and O–H groups in total. The normalized spacial score (nSPS) is 23.7. The van der Waals surface area contributed by atoms with E-state index in [4.69, 9.17) is 5.26 Å². The molecule has 2 rings (SSSR count). The Labute approximate surface area is 105 Å². The van der Waals surface area contributed by atoms with E-state index in [2.05, 4.69) is 21.6 Å². The molecule has 1 saturated heterocycles. The Morgan fingerprint density at radius 1 is 1.61 bits per heavy atom. The van der Waals surface area contributed by atoms with Crippen molar-refractivity contribution >= 4 is 5.91 Å². The molecular formula is C11H16N6O. The summed E-state index contributed by atoms with van der Waals surface area (Å²) in [5.74, 6) is 0.0617. The first-order chi connectivity index (χ1) is 8.63. The fraction of sp³-hybridized carbons (Fsp3) is 0.727. The Morgan fingerprint density at radius 2 is 2.44 bits per heavy atom. The number of hydrogen-bond donors (Lipinski definition) is 0. The first-order valence-corrected chi connectivity index (χ1v) is 6.03. The molecule has 7 nitrogen and oxygen atoms in total. The van der Waals surface area contributed by atoms with Gasteiger partial charge < -0.3 is 4.90 Å². The van der Waals surface area contributed by atoms with Crippen molar-refractivity contribution in [1.29, 1.82) is 5.26 Å². The highest BCUT2D eigenvalue weighted by molar-refractivity contribution is 5.76. The SMILES string of the molecule is C[C@@]1(C#N)CCCN(C(=O)CCn2cnnn2)C1. The fourth-order valence-electron chi connectivity index (χ4n) is 2.19. The minimum Gasteiger partial charge on any atom is -0.341 e. The lowest BCUT2D eigenvalue weighted by Crippen LogP contribution is -2.44. The van der Waals surface area contributed by atoms with Crippen LogP contribution in [0.5, 0.6) is 0 Å². The van der Waals surface area contributed by atoms with Gasteiger partial charge in [-0.15, -0.1) is 5.10 Å². The molecule has 0 unspecified atom stereocenters. The maximum atomic E-state index is 12.0. The number of hydrogen-bond acceptors (Lipinski definition) is 5. The highest BCUT2D eigenvalue weighted by Crippen LogP contribution is 2.28. The molecule has 0 bridgehead atoms. The largest absolute Gasteiger partial charge is 0.341 e. The Bertz CT molecular complexity index is 451. The Morgan fingerprint density at radius 3 is 3.11 bits per heavy atom. The number of piperidine rings is 1. The van der Waals surface area contributed by atoms with Gasteiger partial charge in [0.25, 0.3) is 0 Å². The Balaban J connectivity index is 1.87. The number of carbonyl (C=O) groups is 1. The lowest BCUT2D eigenvalue weighted by atomic mass is 9.83. The number of rotatable bonds is 3. The predicted octanol–water partition coefficient (Wildman–Crippen LogP) is 0.215. The number of aromatic nitrogens is 4. The van der Waals surface area contributed by atoms with Gasteiger partial charge in [-0.05, 0) is 30.2 Å². The van der Waals surface area contributed by atoms with E-state index in [0.717, 1.165) is 19.4 Å². The maximum absolute atomic E-state index is 12.0. The monoisotopic (exact) mass is 248 g/mol. The van der Waals surface area contributed by atoms with Crippen molar-refractivity contribution in [1.82, 2.24) is 25.1 Å². The van der Waals surface area contributed by atoms with Crippen LogP contribution >= 0.6 is 0 Å². The molecule has 0 radical (unpaired) electrons. The van der Waals surface area contributed by atoms with Crippen molar-refractivity contribution in [2.75, 3.05) is 13.1 Å². The van der Waals surface area contributed by atoms with Gasteiger partial charge in [0.1, 0.15) is 6.33 Å². The zero-order chi connectivity index (χ0) is 13.0. The van der Waals surface area contributed by atoms with Gasteiger partial charge in [-0.1, -0.05) is 0 Å². The second kappa shape index (κ2) is 5.12. The molecule has 1 aromatic rings. The topological polar surface area (TPSA) is 87.7 Å². The van der Waals surface area contributed by atoms with Crippen LogP contribution in [0.2, 0.25) is 0 Å². The second-order valence-corrected chi connectivity index (χ2v) is 4.91. The number of amides is 1. The fourth-order valence-corrected chi connectivity index (χ4v) is 2.19. The van der Waals surface area contributed by atoms with Crippen LogP contribution in [0.25, 0.3) is 0 Å². The summed E-state index contributed by atoms with van der Waals surface area (Å²) < 4.78 is 1.53. The molecule has 1 fully saturated rings. The summed E-state index contributed by atoms with van der Waals surface area (Å²) in [5, 5.41) is 19.8. The Hall–Kier alpha value is -1.97. The van der Waals surface area contributed by atoms with Gasteiger partial charge in [-0.25, -0.2) is 4.68 Å². The highest BCUT2D eigenvalue weighted by Gasteiger charge is 2.32.